The largest absolute Gasteiger partial charge is 0.502 e. The van der Waals surface area contributed by atoms with Gasteiger partial charge in [0.25, 0.3) is 0 Å². The van der Waals surface area contributed by atoms with Crippen LogP contribution in [0.2, 0.25) is 0 Å². The summed E-state index contributed by atoms with van der Waals surface area (Å²) < 4.78 is 13.7. The molecular formula is C14H18FN3O3. The van der Waals surface area contributed by atoms with Crippen LogP contribution in [0, 0.1) is 15.9 Å². The van der Waals surface area contributed by atoms with Crippen molar-refractivity contribution >= 4 is 5.69 Å². The van der Waals surface area contributed by atoms with E-state index in [9.17, 15) is 19.6 Å². The third-order valence-corrected chi connectivity index (χ3v) is 3.62. The maximum Gasteiger partial charge on any atom is 0.313 e. The Balaban J connectivity index is 2.43. The van der Waals surface area contributed by atoms with Gasteiger partial charge in [-0.25, -0.2) is 4.39 Å². The first-order valence-electron chi connectivity index (χ1n) is 6.77. The van der Waals surface area contributed by atoms with Crippen molar-refractivity contribution in [2.45, 2.75) is 12.5 Å². The van der Waals surface area contributed by atoms with Crippen LogP contribution in [0.25, 0.3) is 0 Å². The van der Waals surface area contributed by atoms with E-state index in [1.54, 1.807) is 6.08 Å². The van der Waals surface area contributed by atoms with Gasteiger partial charge in [-0.1, -0.05) is 6.08 Å². The molecule has 0 unspecified atom stereocenters. The smallest absolute Gasteiger partial charge is 0.313 e. The van der Waals surface area contributed by atoms with E-state index < -0.39 is 22.2 Å². The van der Waals surface area contributed by atoms with E-state index in [1.165, 1.54) is 6.07 Å². The zero-order valence-electron chi connectivity index (χ0n) is 11.6. The number of nitro groups is 1. The summed E-state index contributed by atoms with van der Waals surface area (Å²) in [5, 5.41) is 24.3. The number of phenolic OH excluding ortho intramolecular Hbond substituents is 1. The van der Waals surface area contributed by atoms with Gasteiger partial charge in [-0.05, 0) is 12.5 Å². The van der Waals surface area contributed by atoms with E-state index in [1.807, 2.05) is 0 Å². The van der Waals surface area contributed by atoms with E-state index >= 15 is 0 Å². The molecule has 0 radical (unpaired) electrons. The van der Waals surface area contributed by atoms with Crippen LogP contribution >= 0.6 is 0 Å². The van der Waals surface area contributed by atoms with Crippen LogP contribution in [0.5, 0.6) is 5.75 Å². The first-order chi connectivity index (χ1) is 10.0. The third-order valence-electron chi connectivity index (χ3n) is 3.62. The first kappa shape index (κ1) is 15.4. The molecule has 1 aliphatic rings. The molecule has 0 amide bonds. The molecule has 0 aliphatic carbocycles. The van der Waals surface area contributed by atoms with Crippen LogP contribution in [0.1, 0.15) is 18.0 Å². The van der Waals surface area contributed by atoms with Crippen LogP contribution in [0.15, 0.2) is 24.8 Å². The van der Waals surface area contributed by atoms with E-state index in [0.29, 0.717) is 6.42 Å². The number of nitrogens with zero attached hydrogens (tertiary/aromatic N) is 2. The zero-order chi connectivity index (χ0) is 15.4. The molecule has 1 saturated heterocycles. The van der Waals surface area contributed by atoms with Gasteiger partial charge in [0.15, 0.2) is 5.75 Å². The molecule has 1 fully saturated rings. The van der Waals surface area contributed by atoms with Crippen LogP contribution < -0.4 is 5.32 Å². The minimum Gasteiger partial charge on any atom is -0.502 e. The summed E-state index contributed by atoms with van der Waals surface area (Å²) in [7, 11) is 0. The van der Waals surface area contributed by atoms with Gasteiger partial charge in [0.05, 0.1) is 11.0 Å². The normalized spacial score (nSPS) is 17.4. The van der Waals surface area contributed by atoms with Gasteiger partial charge < -0.3 is 10.4 Å². The second-order valence-corrected chi connectivity index (χ2v) is 4.95. The topological polar surface area (TPSA) is 78.6 Å². The summed E-state index contributed by atoms with van der Waals surface area (Å²) in [6.45, 7) is 6.69. The number of hydrogen-bond donors (Lipinski definition) is 2. The molecule has 1 aromatic rings. The molecule has 1 atom stereocenters. The monoisotopic (exact) mass is 295 g/mol. The van der Waals surface area contributed by atoms with Crippen LogP contribution in [-0.2, 0) is 0 Å². The Morgan fingerprint density at radius 3 is 2.76 bits per heavy atom. The fourth-order valence-corrected chi connectivity index (χ4v) is 2.62. The average Bonchev–Trinajstić information content (AvgIpc) is 2.47. The second-order valence-electron chi connectivity index (χ2n) is 4.95. The first-order valence-corrected chi connectivity index (χ1v) is 6.77. The van der Waals surface area contributed by atoms with Crippen molar-refractivity contribution in [1.29, 1.82) is 0 Å². The van der Waals surface area contributed by atoms with Gasteiger partial charge in [-0.3, -0.25) is 15.0 Å². The van der Waals surface area contributed by atoms with Gasteiger partial charge in [-0.2, -0.15) is 0 Å². The number of piperazine rings is 1. The number of nitro benzene ring substituents is 1. The molecule has 0 saturated carbocycles. The van der Waals surface area contributed by atoms with Gasteiger partial charge >= 0.3 is 5.69 Å². The molecule has 2 rings (SSSR count). The van der Waals surface area contributed by atoms with E-state index in [0.717, 1.165) is 32.2 Å². The summed E-state index contributed by atoms with van der Waals surface area (Å²) in [6, 6.07) is 1.58. The van der Waals surface area contributed by atoms with Gasteiger partial charge in [0, 0.05) is 37.8 Å². The standard InChI is InChI=1S/C14H18FN3O3/c1-2-3-12(17-6-4-16-5-7-17)11-8-10(15)9-13(14(11)19)18(20)21/h2,8-9,12,16,19H,1,3-7H2/t12-/m0/s1. The number of halogens is 1. The highest BCUT2D eigenvalue weighted by Gasteiger charge is 2.28. The number of phenols is 1. The third kappa shape index (κ3) is 3.37. The summed E-state index contributed by atoms with van der Waals surface area (Å²) in [5.74, 6) is -1.19. The predicted molar refractivity (Wildman–Crippen MR) is 76.7 cm³/mol. The molecule has 21 heavy (non-hydrogen) atoms. The van der Waals surface area contributed by atoms with Gasteiger partial charge in [0.2, 0.25) is 0 Å². The Hall–Kier alpha value is -1.99. The molecular weight excluding hydrogens is 277 g/mol. The lowest BCUT2D eigenvalue weighted by atomic mass is 9.99. The highest BCUT2D eigenvalue weighted by atomic mass is 19.1. The van der Waals surface area contributed by atoms with E-state index in [4.69, 9.17) is 0 Å². The highest BCUT2D eigenvalue weighted by molar-refractivity contribution is 5.52. The quantitative estimate of drug-likeness (QED) is 0.493. The number of aromatic hydroxyl groups is 1. The summed E-state index contributed by atoms with van der Waals surface area (Å²) in [4.78, 5) is 12.2. The molecule has 6 nitrogen and oxygen atoms in total. The molecule has 1 aliphatic heterocycles. The van der Waals surface area contributed by atoms with E-state index in [-0.39, 0.29) is 11.6 Å². The van der Waals surface area contributed by atoms with E-state index in [2.05, 4.69) is 16.8 Å². The average molecular weight is 295 g/mol. The summed E-state index contributed by atoms with van der Waals surface area (Å²) in [6.07, 6.45) is 2.15. The minimum atomic E-state index is -0.773. The van der Waals surface area contributed by atoms with Crippen molar-refractivity contribution in [3.05, 3.63) is 46.3 Å². The Morgan fingerprint density at radius 2 is 2.19 bits per heavy atom. The molecule has 7 heteroatoms. The highest BCUT2D eigenvalue weighted by Crippen LogP contribution is 2.38. The van der Waals surface area contributed by atoms with Crippen LogP contribution in [-0.4, -0.2) is 41.1 Å². The maximum absolute atomic E-state index is 13.7. The van der Waals surface area contributed by atoms with Crippen LogP contribution in [0.4, 0.5) is 10.1 Å². The maximum atomic E-state index is 13.7. The summed E-state index contributed by atoms with van der Waals surface area (Å²) >= 11 is 0. The predicted octanol–water partition coefficient (Wildman–Crippen LogP) is 1.96. The van der Waals surface area contributed by atoms with Crippen molar-refractivity contribution in [3.8, 4) is 5.75 Å². The Labute approximate surface area is 122 Å². The lowest BCUT2D eigenvalue weighted by Crippen LogP contribution is -2.45. The van der Waals surface area contributed by atoms with Crippen molar-refractivity contribution in [1.82, 2.24) is 10.2 Å². The number of benzene rings is 1. The van der Waals surface area contributed by atoms with Crippen molar-refractivity contribution in [3.63, 3.8) is 0 Å². The molecule has 2 N–H and O–H groups in total. The Kier molecular flexibility index (Phi) is 4.87. The Morgan fingerprint density at radius 1 is 1.52 bits per heavy atom. The second kappa shape index (κ2) is 6.64. The number of hydrogen-bond acceptors (Lipinski definition) is 5. The van der Waals surface area contributed by atoms with Crippen molar-refractivity contribution < 1.29 is 14.4 Å². The van der Waals surface area contributed by atoms with Gasteiger partial charge in [-0.15, -0.1) is 6.58 Å². The van der Waals surface area contributed by atoms with Gasteiger partial charge in [0.1, 0.15) is 5.82 Å². The minimum absolute atomic E-state index is 0.239. The Bertz CT molecular complexity index is 545. The van der Waals surface area contributed by atoms with Crippen molar-refractivity contribution in [2.24, 2.45) is 0 Å². The zero-order valence-corrected chi connectivity index (χ0v) is 11.6. The molecule has 0 aromatic heterocycles. The number of rotatable bonds is 5. The lowest BCUT2D eigenvalue weighted by Gasteiger charge is -2.34. The van der Waals surface area contributed by atoms with Crippen LogP contribution in [0.3, 0.4) is 0 Å². The fourth-order valence-electron chi connectivity index (χ4n) is 2.62. The summed E-state index contributed by atoms with van der Waals surface area (Å²) in [5.41, 5.74) is -0.363. The van der Waals surface area contributed by atoms with Crippen molar-refractivity contribution in [2.75, 3.05) is 26.2 Å². The molecule has 114 valence electrons. The fraction of sp³-hybridized carbons (Fsp3) is 0.429. The SMILES string of the molecule is C=CC[C@@H](c1cc(F)cc([N+](=O)[O-])c1O)N1CCNCC1. The molecule has 0 spiro atoms. The molecule has 0 bridgehead atoms. The molecule has 1 aromatic carbocycles. The number of nitrogens with one attached hydrogen (secondary N) is 1. The molecule has 1 heterocycles. The lowest BCUT2D eigenvalue weighted by molar-refractivity contribution is -0.386.